The number of fused-ring (bicyclic) bond motifs is 1. The van der Waals surface area contributed by atoms with Crippen LogP contribution in [-0.2, 0) is 12.0 Å². The van der Waals surface area contributed by atoms with Gasteiger partial charge in [0.15, 0.2) is 17.4 Å². The van der Waals surface area contributed by atoms with Crippen molar-refractivity contribution >= 4 is 35.6 Å². The average molecular weight is 508 g/mol. The van der Waals surface area contributed by atoms with Crippen molar-refractivity contribution in [2.45, 2.75) is 32.7 Å². The fourth-order valence-corrected chi connectivity index (χ4v) is 2.94. The van der Waals surface area contributed by atoms with Crippen LogP contribution in [0, 0.1) is 0 Å². The first-order valence-corrected chi connectivity index (χ1v) is 9.44. The second-order valence-electron chi connectivity index (χ2n) is 7.49. The van der Waals surface area contributed by atoms with Crippen molar-refractivity contribution in [3.05, 3.63) is 60.0 Å². The van der Waals surface area contributed by atoms with Gasteiger partial charge in [0, 0.05) is 13.2 Å². The number of pyridine rings is 1. The first kappa shape index (κ1) is 22.9. The van der Waals surface area contributed by atoms with E-state index in [4.69, 9.17) is 4.74 Å². The van der Waals surface area contributed by atoms with Gasteiger partial charge in [-0.15, -0.1) is 34.2 Å². The zero-order valence-electron chi connectivity index (χ0n) is 17.3. The van der Waals surface area contributed by atoms with Gasteiger partial charge in [-0.3, -0.25) is 9.39 Å². The highest BCUT2D eigenvalue weighted by Crippen LogP contribution is 2.30. The lowest BCUT2D eigenvalue weighted by Gasteiger charge is -2.22. The monoisotopic (exact) mass is 508 g/mol. The van der Waals surface area contributed by atoms with Crippen molar-refractivity contribution in [1.82, 2.24) is 25.2 Å². The molecule has 2 aromatic heterocycles. The number of halogens is 1. The Morgan fingerprint density at radius 1 is 1.07 bits per heavy atom. The minimum absolute atomic E-state index is 0. The molecular weight excluding hydrogens is 479 g/mol. The zero-order valence-corrected chi connectivity index (χ0v) is 19.7. The number of guanidine groups is 1. The molecule has 3 rings (SSSR count). The summed E-state index contributed by atoms with van der Waals surface area (Å²) in [4.78, 5) is 4.25. The number of ether oxygens (including phenoxy) is 1. The van der Waals surface area contributed by atoms with Crippen LogP contribution >= 0.6 is 24.0 Å². The van der Waals surface area contributed by atoms with Gasteiger partial charge in [-0.05, 0) is 29.2 Å². The first-order chi connectivity index (χ1) is 13.5. The summed E-state index contributed by atoms with van der Waals surface area (Å²) in [7, 11) is 1.74. The molecule has 156 valence electrons. The quantitative estimate of drug-likeness (QED) is 0.231. The SMILES string of the molecule is CN=C(NCCOc1ccccc1C(C)(C)C)NCc1nnc2ccccn12.I. The Balaban J connectivity index is 0.00000300. The Hall–Kier alpha value is -2.36. The number of benzene rings is 1. The van der Waals surface area contributed by atoms with Crippen LogP contribution in [0.3, 0.4) is 0 Å². The van der Waals surface area contributed by atoms with Crippen LogP contribution in [0.2, 0.25) is 0 Å². The van der Waals surface area contributed by atoms with Crippen LogP contribution in [0.1, 0.15) is 32.2 Å². The molecule has 0 bridgehead atoms. The predicted octanol–water partition coefficient (Wildman–Crippen LogP) is 3.39. The second kappa shape index (κ2) is 10.4. The van der Waals surface area contributed by atoms with Crippen molar-refractivity contribution in [3.8, 4) is 5.75 Å². The normalized spacial score (nSPS) is 11.8. The summed E-state index contributed by atoms with van der Waals surface area (Å²) >= 11 is 0. The molecule has 0 amide bonds. The Kier molecular flexibility index (Phi) is 8.24. The minimum Gasteiger partial charge on any atom is -0.491 e. The summed E-state index contributed by atoms with van der Waals surface area (Å²) in [5.41, 5.74) is 2.08. The van der Waals surface area contributed by atoms with E-state index in [1.54, 1.807) is 7.05 Å². The zero-order chi connectivity index (χ0) is 20.0. The maximum atomic E-state index is 5.99. The molecule has 0 aliphatic rings. The highest BCUT2D eigenvalue weighted by atomic mass is 127. The van der Waals surface area contributed by atoms with E-state index < -0.39 is 0 Å². The lowest BCUT2D eigenvalue weighted by Crippen LogP contribution is -2.39. The number of para-hydroxylation sites is 1. The molecule has 2 heterocycles. The molecule has 0 saturated heterocycles. The molecule has 29 heavy (non-hydrogen) atoms. The molecular formula is C21H29IN6O. The topological polar surface area (TPSA) is 75.8 Å². The van der Waals surface area contributed by atoms with Crippen molar-refractivity contribution in [2.75, 3.05) is 20.2 Å². The van der Waals surface area contributed by atoms with Crippen LogP contribution in [-0.4, -0.2) is 40.8 Å². The third-order valence-electron chi connectivity index (χ3n) is 4.37. The largest absolute Gasteiger partial charge is 0.491 e. The van der Waals surface area contributed by atoms with E-state index in [1.165, 1.54) is 5.56 Å². The van der Waals surface area contributed by atoms with Crippen LogP contribution in [0.4, 0.5) is 0 Å². The predicted molar refractivity (Wildman–Crippen MR) is 127 cm³/mol. The molecule has 0 aliphatic carbocycles. The maximum Gasteiger partial charge on any atom is 0.191 e. The molecule has 0 aliphatic heterocycles. The van der Waals surface area contributed by atoms with Crippen LogP contribution in [0.5, 0.6) is 5.75 Å². The Labute approximate surface area is 189 Å². The number of aromatic nitrogens is 3. The standard InChI is InChI=1S/C21H28N6O.HI/c1-21(2,3)16-9-5-6-10-17(16)28-14-12-23-20(22-4)24-15-19-26-25-18-11-7-8-13-27(18)19;/h5-11,13H,12,14-15H2,1-4H3,(H2,22,23,24);1H. The van der Waals surface area contributed by atoms with E-state index in [1.807, 2.05) is 47.0 Å². The highest BCUT2D eigenvalue weighted by Gasteiger charge is 2.18. The van der Waals surface area contributed by atoms with Gasteiger partial charge in [0.25, 0.3) is 0 Å². The molecule has 2 N–H and O–H groups in total. The van der Waals surface area contributed by atoms with E-state index >= 15 is 0 Å². The van der Waals surface area contributed by atoms with Gasteiger partial charge in [0.1, 0.15) is 12.4 Å². The summed E-state index contributed by atoms with van der Waals surface area (Å²) in [6.07, 6.45) is 1.95. The Bertz CT molecular complexity index is 947. The fraction of sp³-hybridized carbons (Fsp3) is 0.381. The third kappa shape index (κ3) is 6.06. The number of nitrogens with one attached hydrogen (secondary N) is 2. The first-order valence-electron chi connectivity index (χ1n) is 9.44. The van der Waals surface area contributed by atoms with Gasteiger partial charge in [-0.2, -0.15) is 0 Å². The number of hydrogen-bond donors (Lipinski definition) is 2. The lowest BCUT2D eigenvalue weighted by molar-refractivity contribution is 0.313. The van der Waals surface area contributed by atoms with E-state index in [0.29, 0.717) is 25.7 Å². The second-order valence-corrected chi connectivity index (χ2v) is 7.49. The summed E-state index contributed by atoms with van der Waals surface area (Å²) in [6.45, 7) is 8.27. The van der Waals surface area contributed by atoms with Crippen LogP contribution < -0.4 is 15.4 Å². The van der Waals surface area contributed by atoms with Crippen molar-refractivity contribution in [1.29, 1.82) is 0 Å². The van der Waals surface area contributed by atoms with Gasteiger partial charge in [-0.25, -0.2) is 0 Å². The smallest absolute Gasteiger partial charge is 0.191 e. The number of nitrogens with zero attached hydrogens (tertiary/aromatic N) is 4. The van der Waals surface area contributed by atoms with Gasteiger partial charge in [0.05, 0.1) is 13.1 Å². The molecule has 1 aromatic carbocycles. The number of rotatable bonds is 6. The molecule has 0 fully saturated rings. The summed E-state index contributed by atoms with van der Waals surface area (Å²) in [6, 6.07) is 14.0. The van der Waals surface area contributed by atoms with E-state index in [0.717, 1.165) is 17.2 Å². The molecule has 7 nitrogen and oxygen atoms in total. The van der Waals surface area contributed by atoms with E-state index in [-0.39, 0.29) is 29.4 Å². The minimum atomic E-state index is 0. The average Bonchev–Trinajstić information content (AvgIpc) is 3.10. The van der Waals surface area contributed by atoms with Crippen LogP contribution in [0.25, 0.3) is 5.65 Å². The van der Waals surface area contributed by atoms with Crippen molar-refractivity contribution in [3.63, 3.8) is 0 Å². The van der Waals surface area contributed by atoms with Gasteiger partial charge >= 0.3 is 0 Å². The van der Waals surface area contributed by atoms with Crippen LogP contribution in [0.15, 0.2) is 53.7 Å². The molecule has 8 heteroatoms. The van der Waals surface area contributed by atoms with Gasteiger partial charge in [-0.1, -0.05) is 45.0 Å². The molecule has 0 saturated carbocycles. The molecule has 0 spiro atoms. The molecule has 0 atom stereocenters. The lowest BCUT2D eigenvalue weighted by atomic mass is 9.86. The molecule has 0 unspecified atom stereocenters. The maximum absolute atomic E-state index is 5.99. The van der Waals surface area contributed by atoms with E-state index in [2.05, 4.69) is 52.7 Å². The summed E-state index contributed by atoms with van der Waals surface area (Å²) in [5, 5.41) is 14.9. The summed E-state index contributed by atoms with van der Waals surface area (Å²) in [5.74, 6) is 2.45. The fourth-order valence-electron chi connectivity index (χ4n) is 2.94. The van der Waals surface area contributed by atoms with Gasteiger partial charge < -0.3 is 15.4 Å². The van der Waals surface area contributed by atoms with Gasteiger partial charge in [0.2, 0.25) is 0 Å². The summed E-state index contributed by atoms with van der Waals surface area (Å²) < 4.78 is 7.95. The van der Waals surface area contributed by atoms with Crippen molar-refractivity contribution < 1.29 is 4.74 Å². The molecule has 0 radical (unpaired) electrons. The number of hydrogen-bond acceptors (Lipinski definition) is 4. The van der Waals surface area contributed by atoms with Crippen molar-refractivity contribution in [2.24, 2.45) is 4.99 Å². The van der Waals surface area contributed by atoms with E-state index in [9.17, 15) is 0 Å². The number of aliphatic imine (C=N–C) groups is 1. The highest BCUT2D eigenvalue weighted by molar-refractivity contribution is 14.0. The molecule has 3 aromatic rings. The third-order valence-corrected chi connectivity index (χ3v) is 4.37. The Morgan fingerprint density at radius 2 is 1.83 bits per heavy atom. The Morgan fingerprint density at radius 3 is 2.59 bits per heavy atom.